The van der Waals surface area contributed by atoms with Crippen molar-refractivity contribution in [2.75, 3.05) is 31.1 Å². The van der Waals surface area contributed by atoms with Crippen molar-refractivity contribution in [2.24, 2.45) is 0 Å². The molecule has 0 radical (unpaired) electrons. The van der Waals surface area contributed by atoms with Crippen molar-refractivity contribution in [3.05, 3.63) is 22.2 Å². The summed E-state index contributed by atoms with van der Waals surface area (Å²) in [6.45, 7) is 12.6. The highest BCUT2D eigenvalue weighted by Crippen LogP contribution is 2.21. The minimum Gasteiger partial charge on any atom is -0.355 e. The molecule has 20 heavy (non-hydrogen) atoms. The van der Waals surface area contributed by atoms with Crippen LogP contribution >= 0.6 is 0 Å². The molecular formula is C15H26N4O. The van der Waals surface area contributed by atoms with Gasteiger partial charge >= 0.3 is 0 Å². The van der Waals surface area contributed by atoms with Crippen LogP contribution in [0.3, 0.4) is 0 Å². The van der Waals surface area contributed by atoms with Gasteiger partial charge < -0.3 is 9.88 Å². The van der Waals surface area contributed by atoms with Gasteiger partial charge in [-0.3, -0.25) is 9.69 Å². The molecule has 1 saturated heterocycles. The molecule has 0 aliphatic carbocycles. The standard InChI is InChI=1S/C15H26N4O/c1-5-18(6-2)12-7-8-19(10-12)13-9-14(20)17-15(16-13)11(3)4/h9,11-12H,5-8,10H2,1-4H3,(H,16,17,20). The van der Waals surface area contributed by atoms with Crippen molar-refractivity contribution in [3.63, 3.8) is 0 Å². The third kappa shape index (κ3) is 3.20. The van der Waals surface area contributed by atoms with E-state index in [0.29, 0.717) is 6.04 Å². The van der Waals surface area contributed by atoms with Crippen molar-refractivity contribution in [1.82, 2.24) is 14.9 Å². The number of hydrogen-bond acceptors (Lipinski definition) is 4. The SMILES string of the molecule is CCN(CC)C1CCN(c2cc(=O)[nH]c(C(C)C)n2)C1. The average molecular weight is 278 g/mol. The summed E-state index contributed by atoms with van der Waals surface area (Å²) >= 11 is 0. The quantitative estimate of drug-likeness (QED) is 0.892. The molecule has 0 saturated carbocycles. The van der Waals surface area contributed by atoms with Gasteiger partial charge in [0.05, 0.1) is 0 Å². The molecule has 1 aliphatic heterocycles. The molecule has 1 N–H and O–H groups in total. The zero-order valence-electron chi connectivity index (χ0n) is 13.0. The highest BCUT2D eigenvalue weighted by Gasteiger charge is 2.27. The molecule has 1 aliphatic rings. The topological polar surface area (TPSA) is 52.2 Å². The number of nitrogens with zero attached hydrogens (tertiary/aromatic N) is 3. The lowest BCUT2D eigenvalue weighted by Gasteiger charge is -2.26. The number of aromatic amines is 1. The summed E-state index contributed by atoms with van der Waals surface area (Å²) in [4.78, 5) is 23.9. The Bertz CT molecular complexity index is 493. The number of anilines is 1. The molecule has 0 bridgehead atoms. The van der Waals surface area contributed by atoms with Crippen molar-refractivity contribution >= 4 is 5.82 Å². The van der Waals surface area contributed by atoms with Crippen LogP contribution < -0.4 is 10.5 Å². The molecule has 0 amide bonds. The number of likely N-dealkylation sites (N-methyl/N-ethyl adjacent to an activating group) is 1. The van der Waals surface area contributed by atoms with Crippen LogP contribution in [0.4, 0.5) is 5.82 Å². The number of aromatic nitrogens is 2. The fourth-order valence-corrected chi connectivity index (χ4v) is 2.89. The van der Waals surface area contributed by atoms with Crippen LogP contribution in [-0.4, -0.2) is 47.1 Å². The Morgan fingerprint density at radius 1 is 1.45 bits per heavy atom. The van der Waals surface area contributed by atoms with Crippen molar-refractivity contribution in [2.45, 2.75) is 46.1 Å². The minimum absolute atomic E-state index is 0.0509. The van der Waals surface area contributed by atoms with Gasteiger partial charge in [-0.2, -0.15) is 0 Å². The number of hydrogen-bond donors (Lipinski definition) is 1. The molecule has 1 atom stereocenters. The second-order valence-corrected chi connectivity index (χ2v) is 5.75. The third-order valence-corrected chi connectivity index (χ3v) is 4.11. The summed E-state index contributed by atoms with van der Waals surface area (Å²) in [7, 11) is 0. The monoisotopic (exact) mass is 278 g/mol. The number of H-pyrrole nitrogens is 1. The zero-order chi connectivity index (χ0) is 14.7. The van der Waals surface area contributed by atoms with Crippen LogP contribution in [0.2, 0.25) is 0 Å². The summed E-state index contributed by atoms with van der Waals surface area (Å²) in [5.41, 5.74) is -0.0509. The van der Waals surface area contributed by atoms with Crippen molar-refractivity contribution in [1.29, 1.82) is 0 Å². The summed E-state index contributed by atoms with van der Waals surface area (Å²) in [6, 6.07) is 2.20. The fourth-order valence-electron chi connectivity index (χ4n) is 2.89. The Labute approximate surface area is 121 Å². The van der Waals surface area contributed by atoms with E-state index in [1.807, 2.05) is 13.8 Å². The lowest BCUT2D eigenvalue weighted by molar-refractivity contribution is 0.232. The zero-order valence-corrected chi connectivity index (χ0v) is 13.0. The second-order valence-electron chi connectivity index (χ2n) is 5.75. The summed E-state index contributed by atoms with van der Waals surface area (Å²) in [6.07, 6.45) is 1.15. The maximum absolute atomic E-state index is 11.8. The van der Waals surface area contributed by atoms with E-state index in [2.05, 4.69) is 33.6 Å². The van der Waals surface area contributed by atoms with Gasteiger partial charge in [-0.05, 0) is 19.5 Å². The maximum atomic E-state index is 11.8. The third-order valence-electron chi connectivity index (χ3n) is 4.11. The van der Waals surface area contributed by atoms with Gasteiger partial charge in [0.2, 0.25) is 0 Å². The van der Waals surface area contributed by atoms with Crippen LogP contribution in [0.25, 0.3) is 0 Å². The summed E-state index contributed by atoms with van der Waals surface area (Å²) in [5, 5.41) is 0. The Morgan fingerprint density at radius 2 is 2.15 bits per heavy atom. The molecular weight excluding hydrogens is 252 g/mol. The van der Waals surface area contributed by atoms with E-state index in [9.17, 15) is 4.79 Å². The first kappa shape index (κ1) is 15.0. The first-order valence-corrected chi connectivity index (χ1v) is 7.65. The van der Waals surface area contributed by atoms with Crippen LogP contribution in [0.15, 0.2) is 10.9 Å². The summed E-state index contributed by atoms with van der Waals surface area (Å²) in [5.74, 6) is 1.84. The maximum Gasteiger partial charge on any atom is 0.252 e. The smallest absolute Gasteiger partial charge is 0.252 e. The Kier molecular flexibility index (Phi) is 4.81. The highest BCUT2D eigenvalue weighted by atomic mass is 16.1. The lowest BCUT2D eigenvalue weighted by Crippen LogP contribution is -2.37. The van der Waals surface area contributed by atoms with Crippen LogP contribution in [0, 0.1) is 0 Å². The Morgan fingerprint density at radius 3 is 2.75 bits per heavy atom. The first-order valence-electron chi connectivity index (χ1n) is 7.65. The van der Waals surface area contributed by atoms with E-state index in [0.717, 1.165) is 44.2 Å². The number of nitrogens with one attached hydrogen (secondary N) is 1. The van der Waals surface area contributed by atoms with Crippen molar-refractivity contribution in [3.8, 4) is 0 Å². The van der Waals surface area contributed by atoms with Gasteiger partial charge in [-0.1, -0.05) is 27.7 Å². The highest BCUT2D eigenvalue weighted by molar-refractivity contribution is 5.39. The van der Waals surface area contributed by atoms with E-state index in [1.165, 1.54) is 0 Å². The van der Waals surface area contributed by atoms with Gasteiger partial charge in [0.15, 0.2) is 0 Å². The Balaban J connectivity index is 2.15. The van der Waals surface area contributed by atoms with E-state index < -0.39 is 0 Å². The largest absolute Gasteiger partial charge is 0.355 e. The van der Waals surface area contributed by atoms with E-state index >= 15 is 0 Å². The van der Waals surface area contributed by atoms with Gasteiger partial charge in [0.25, 0.3) is 5.56 Å². The van der Waals surface area contributed by atoms with E-state index in [-0.39, 0.29) is 11.5 Å². The molecule has 1 fully saturated rings. The van der Waals surface area contributed by atoms with Crippen molar-refractivity contribution < 1.29 is 0 Å². The lowest BCUT2D eigenvalue weighted by atomic mass is 10.2. The van der Waals surface area contributed by atoms with Gasteiger partial charge in [-0.25, -0.2) is 4.98 Å². The molecule has 5 nitrogen and oxygen atoms in total. The Hall–Kier alpha value is -1.36. The molecule has 0 spiro atoms. The second kappa shape index (κ2) is 6.39. The average Bonchev–Trinajstić information content (AvgIpc) is 2.89. The van der Waals surface area contributed by atoms with Crippen LogP contribution in [0.1, 0.15) is 45.9 Å². The molecule has 1 unspecified atom stereocenters. The molecule has 2 heterocycles. The normalized spacial score (nSPS) is 19.3. The summed E-state index contributed by atoms with van der Waals surface area (Å²) < 4.78 is 0. The van der Waals surface area contributed by atoms with E-state index in [1.54, 1.807) is 6.07 Å². The molecule has 112 valence electrons. The molecule has 5 heteroatoms. The molecule has 1 aromatic rings. The fraction of sp³-hybridized carbons (Fsp3) is 0.733. The van der Waals surface area contributed by atoms with E-state index in [4.69, 9.17) is 0 Å². The first-order chi connectivity index (χ1) is 9.55. The van der Waals surface area contributed by atoms with Crippen LogP contribution in [0.5, 0.6) is 0 Å². The minimum atomic E-state index is -0.0509. The number of rotatable bonds is 5. The van der Waals surface area contributed by atoms with Gasteiger partial charge in [0, 0.05) is 31.1 Å². The van der Waals surface area contributed by atoms with Crippen LogP contribution in [-0.2, 0) is 0 Å². The predicted octanol–water partition coefficient (Wildman–Crippen LogP) is 1.81. The molecule has 0 aromatic carbocycles. The predicted molar refractivity (Wildman–Crippen MR) is 82.5 cm³/mol. The van der Waals surface area contributed by atoms with Gasteiger partial charge in [0.1, 0.15) is 11.6 Å². The molecule has 2 rings (SSSR count). The molecule has 1 aromatic heterocycles. The van der Waals surface area contributed by atoms with Gasteiger partial charge in [-0.15, -0.1) is 0 Å².